The SMILES string of the molecule is O=C1CCCN1c1cnn(C2CCN(Cc3ncon3)C2)c1. The summed E-state index contributed by atoms with van der Waals surface area (Å²) in [6.45, 7) is 3.39. The van der Waals surface area contributed by atoms with Crippen LogP contribution < -0.4 is 4.90 Å². The summed E-state index contributed by atoms with van der Waals surface area (Å²) in [6.07, 6.45) is 7.76. The first-order valence-electron chi connectivity index (χ1n) is 7.62. The smallest absolute Gasteiger partial charge is 0.227 e. The molecule has 1 amide bonds. The molecule has 8 nitrogen and oxygen atoms in total. The number of hydrogen-bond acceptors (Lipinski definition) is 6. The second-order valence-corrected chi connectivity index (χ2v) is 5.85. The molecule has 1 unspecified atom stereocenters. The molecule has 0 bridgehead atoms. The summed E-state index contributed by atoms with van der Waals surface area (Å²) in [6, 6.07) is 0.332. The number of amides is 1. The van der Waals surface area contributed by atoms with Crippen molar-refractivity contribution in [3.63, 3.8) is 0 Å². The largest absolute Gasteiger partial charge is 0.343 e. The van der Waals surface area contributed by atoms with Crippen molar-refractivity contribution in [2.24, 2.45) is 0 Å². The van der Waals surface area contributed by atoms with Crippen molar-refractivity contribution in [1.29, 1.82) is 0 Å². The topological polar surface area (TPSA) is 80.3 Å². The predicted molar refractivity (Wildman–Crippen MR) is 77.0 cm³/mol. The molecule has 8 heteroatoms. The second kappa shape index (κ2) is 5.53. The van der Waals surface area contributed by atoms with Gasteiger partial charge in [-0.1, -0.05) is 5.16 Å². The molecule has 0 radical (unpaired) electrons. The third-order valence-electron chi connectivity index (χ3n) is 4.37. The molecular formula is C14H18N6O2. The Hall–Kier alpha value is -2.22. The van der Waals surface area contributed by atoms with Crippen LogP contribution in [0.15, 0.2) is 23.3 Å². The highest BCUT2D eigenvalue weighted by molar-refractivity contribution is 5.95. The number of carbonyl (C=O) groups excluding carboxylic acids is 1. The van der Waals surface area contributed by atoms with Crippen molar-refractivity contribution in [1.82, 2.24) is 24.8 Å². The van der Waals surface area contributed by atoms with E-state index in [1.165, 1.54) is 6.39 Å². The van der Waals surface area contributed by atoms with E-state index in [-0.39, 0.29) is 5.91 Å². The van der Waals surface area contributed by atoms with E-state index in [4.69, 9.17) is 4.52 Å². The lowest BCUT2D eigenvalue weighted by molar-refractivity contribution is -0.117. The summed E-state index contributed by atoms with van der Waals surface area (Å²) in [5, 5.41) is 8.30. The fourth-order valence-corrected chi connectivity index (χ4v) is 3.22. The van der Waals surface area contributed by atoms with Crippen LogP contribution in [0.4, 0.5) is 5.69 Å². The van der Waals surface area contributed by atoms with Gasteiger partial charge in [0.1, 0.15) is 0 Å². The monoisotopic (exact) mass is 302 g/mol. The molecule has 2 aromatic heterocycles. The van der Waals surface area contributed by atoms with Gasteiger partial charge in [0, 0.05) is 32.3 Å². The van der Waals surface area contributed by atoms with Crippen LogP contribution in [0.25, 0.3) is 0 Å². The zero-order chi connectivity index (χ0) is 14.9. The standard InChI is InChI=1S/C14H18N6O2/c21-14-2-1-4-19(14)12-6-16-20(8-12)11-3-5-18(7-11)9-13-15-10-22-17-13/h6,8,10-11H,1-5,7,9H2. The van der Waals surface area contributed by atoms with E-state index in [1.54, 1.807) is 6.20 Å². The van der Waals surface area contributed by atoms with Crippen LogP contribution in [0.3, 0.4) is 0 Å². The molecule has 116 valence electrons. The molecule has 0 saturated carbocycles. The van der Waals surface area contributed by atoms with Crippen molar-refractivity contribution in [3.05, 3.63) is 24.6 Å². The second-order valence-electron chi connectivity index (χ2n) is 5.85. The van der Waals surface area contributed by atoms with Gasteiger partial charge in [-0.25, -0.2) is 0 Å². The van der Waals surface area contributed by atoms with E-state index in [9.17, 15) is 4.79 Å². The molecule has 2 aromatic rings. The van der Waals surface area contributed by atoms with Crippen molar-refractivity contribution in [2.45, 2.75) is 31.8 Å². The summed E-state index contributed by atoms with van der Waals surface area (Å²) in [4.78, 5) is 20.0. The number of carbonyl (C=O) groups is 1. The van der Waals surface area contributed by atoms with Crippen LogP contribution in [0, 0.1) is 0 Å². The Bertz CT molecular complexity index is 652. The van der Waals surface area contributed by atoms with E-state index in [0.717, 1.165) is 38.2 Å². The van der Waals surface area contributed by atoms with E-state index in [0.29, 0.717) is 24.8 Å². The van der Waals surface area contributed by atoms with Gasteiger partial charge in [-0.05, 0) is 12.8 Å². The zero-order valence-electron chi connectivity index (χ0n) is 12.3. The molecule has 2 fully saturated rings. The Morgan fingerprint density at radius 2 is 2.32 bits per heavy atom. The first-order valence-corrected chi connectivity index (χ1v) is 7.62. The van der Waals surface area contributed by atoms with Gasteiger partial charge in [-0.15, -0.1) is 0 Å². The van der Waals surface area contributed by atoms with Crippen LogP contribution in [0.5, 0.6) is 0 Å². The average molecular weight is 302 g/mol. The summed E-state index contributed by atoms with van der Waals surface area (Å²) >= 11 is 0. The van der Waals surface area contributed by atoms with Crippen LogP contribution in [0.1, 0.15) is 31.1 Å². The Balaban J connectivity index is 1.41. The molecule has 4 rings (SSSR count). The van der Waals surface area contributed by atoms with Crippen LogP contribution in [-0.2, 0) is 11.3 Å². The summed E-state index contributed by atoms with van der Waals surface area (Å²) in [7, 11) is 0. The minimum absolute atomic E-state index is 0.199. The van der Waals surface area contributed by atoms with E-state index in [1.807, 2.05) is 15.8 Å². The number of hydrogen-bond donors (Lipinski definition) is 0. The lowest BCUT2D eigenvalue weighted by Crippen LogP contribution is -2.23. The lowest BCUT2D eigenvalue weighted by Gasteiger charge is -2.14. The van der Waals surface area contributed by atoms with Crippen LogP contribution in [0.2, 0.25) is 0 Å². The highest BCUT2D eigenvalue weighted by Gasteiger charge is 2.27. The fraction of sp³-hybridized carbons (Fsp3) is 0.571. The quantitative estimate of drug-likeness (QED) is 0.832. The third kappa shape index (κ3) is 2.50. The van der Waals surface area contributed by atoms with Gasteiger partial charge in [0.25, 0.3) is 0 Å². The average Bonchev–Trinajstić information content (AvgIpc) is 3.25. The lowest BCUT2D eigenvalue weighted by atomic mass is 10.3. The van der Waals surface area contributed by atoms with Crippen molar-refractivity contribution in [3.8, 4) is 0 Å². The molecule has 4 heterocycles. The summed E-state index contributed by atoms with van der Waals surface area (Å²) in [5.41, 5.74) is 0.916. The molecule has 2 aliphatic heterocycles. The minimum atomic E-state index is 0.199. The van der Waals surface area contributed by atoms with Gasteiger partial charge in [-0.2, -0.15) is 10.1 Å². The van der Waals surface area contributed by atoms with E-state index < -0.39 is 0 Å². The van der Waals surface area contributed by atoms with Crippen LogP contribution in [-0.4, -0.2) is 50.4 Å². The Morgan fingerprint density at radius 3 is 3.09 bits per heavy atom. The van der Waals surface area contributed by atoms with Gasteiger partial charge >= 0.3 is 0 Å². The van der Waals surface area contributed by atoms with Gasteiger partial charge < -0.3 is 9.42 Å². The maximum Gasteiger partial charge on any atom is 0.227 e. The number of rotatable bonds is 4. The highest BCUT2D eigenvalue weighted by atomic mass is 16.5. The molecule has 0 aromatic carbocycles. The Kier molecular flexibility index (Phi) is 3.38. The fourth-order valence-electron chi connectivity index (χ4n) is 3.22. The number of anilines is 1. The maximum absolute atomic E-state index is 11.8. The molecular weight excluding hydrogens is 284 g/mol. The number of aromatic nitrogens is 4. The zero-order valence-corrected chi connectivity index (χ0v) is 12.3. The van der Waals surface area contributed by atoms with Gasteiger partial charge in [0.15, 0.2) is 5.82 Å². The van der Waals surface area contributed by atoms with Crippen molar-refractivity contribution in [2.75, 3.05) is 24.5 Å². The highest BCUT2D eigenvalue weighted by Crippen LogP contribution is 2.26. The number of nitrogens with zero attached hydrogens (tertiary/aromatic N) is 6. The third-order valence-corrected chi connectivity index (χ3v) is 4.37. The molecule has 0 aliphatic carbocycles. The molecule has 0 spiro atoms. The summed E-state index contributed by atoms with van der Waals surface area (Å²) in [5.74, 6) is 0.911. The molecule has 2 saturated heterocycles. The maximum atomic E-state index is 11.8. The Morgan fingerprint density at radius 1 is 1.36 bits per heavy atom. The number of likely N-dealkylation sites (tertiary alicyclic amines) is 1. The molecule has 1 atom stereocenters. The van der Waals surface area contributed by atoms with E-state index in [2.05, 4.69) is 20.1 Å². The van der Waals surface area contributed by atoms with Gasteiger partial charge in [0.05, 0.1) is 24.5 Å². The Labute approximate surface area is 127 Å². The van der Waals surface area contributed by atoms with Crippen molar-refractivity contribution >= 4 is 11.6 Å². The summed E-state index contributed by atoms with van der Waals surface area (Å²) < 4.78 is 6.75. The van der Waals surface area contributed by atoms with Crippen LogP contribution >= 0.6 is 0 Å². The first-order chi connectivity index (χ1) is 10.8. The molecule has 0 N–H and O–H groups in total. The molecule has 2 aliphatic rings. The first kappa shape index (κ1) is 13.4. The predicted octanol–water partition coefficient (Wildman–Crippen LogP) is 0.840. The van der Waals surface area contributed by atoms with E-state index >= 15 is 0 Å². The molecule has 22 heavy (non-hydrogen) atoms. The normalized spacial score (nSPS) is 22.8. The van der Waals surface area contributed by atoms with Gasteiger partial charge in [0.2, 0.25) is 12.3 Å². The van der Waals surface area contributed by atoms with Gasteiger partial charge in [-0.3, -0.25) is 14.4 Å². The van der Waals surface area contributed by atoms with Crippen molar-refractivity contribution < 1.29 is 9.32 Å². The minimum Gasteiger partial charge on any atom is -0.343 e.